The second-order valence-electron chi connectivity index (χ2n) is 4.34. The summed E-state index contributed by atoms with van der Waals surface area (Å²) in [4.78, 5) is 12.1. The first-order valence-corrected chi connectivity index (χ1v) is 7.85. The molecule has 1 amide bonds. The van der Waals surface area contributed by atoms with Crippen LogP contribution in [0.3, 0.4) is 0 Å². The van der Waals surface area contributed by atoms with E-state index in [4.69, 9.17) is 0 Å². The molecule has 17 heavy (non-hydrogen) atoms. The summed E-state index contributed by atoms with van der Waals surface area (Å²) in [7, 11) is 0. The van der Waals surface area contributed by atoms with Crippen LogP contribution in [0.25, 0.3) is 0 Å². The minimum absolute atomic E-state index is 0.0155. The Morgan fingerprint density at radius 1 is 1.47 bits per heavy atom. The molecule has 1 saturated carbocycles. The fraction of sp³-hybridized carbons (Fsp3) is 0.545. The van der Waals surface area contributed by atoms with Crippen molar-refractivity contribution in [1.82, 2.24) is 5.32 Å². The van der Waals surface area contributed by atoms with E-state index in [1.54, 1.807) is 6.07 Å². The van der Waals surface area contributed by atoms with Crippen LogP contribution in [0.1, 0.15) is 36.0 Å². The molecule has 3 nitrogen and oxygen atoms in total. The van der Waals surface area contributed by atoms with E-state index >= 15 is 0 Å². The standard InChI is InChI=1S/C11H13Br2NO2S/c12-8-5-7(9(13)17-8)10(16)14-11(6-15)3-1-2-4-11/h5,15H,1-4,6H2,(H,14,16). The summed E-state index contributed by atoms with van der Waals surface area (Å²) in [6, 6.07) is 1.80. The highest BCUT2D eigenvalue weighted by molar-refractivity contribution is 9.12. The molecule has 0 saturated heterocycles. The summed E-state index contributed by atoms with van der Waals surface area (Å²) in [5.74, 6) is -0.116. The molecule has 0 radical (unpaired) electrons. The molecule has 0 spiro atoms. The van der Waals surface area contributed by atoms with Gasteiger partial charge in [0.1, 0.15) is 0 Å². The number of halogens is 2. The molecule has 0 aromatic carbocycles. The lowest BCUT2D eigenvalue weighted by Crippen LogP contribution is -2.49. The zero-order valence-electron chi connectivity index (χ0n) is 9.13. The van der Waals surface area contributed by atoms with Crippen LogP contribution in [0.4, 0.5) is 0 Å². The highest BCUT2D eigenvalue weighted by atomic mass is 79.9. The van der Waals surface area contributed by atoms with Crippen LogP contribution < -0.4 is 5.32 Å². The van der Waals surface area contributed by atoms with E-state index < -0.39 is 5.54 Å². The minimum Gasteiger partial charge on any atom is -0.394 e. The second kappa shape index (κ2) is 5.38. The Morgan fingerprint density at radius 3 is 2.59 bits per heavy atom. The number of hydrogen-bond donors (Lipinski definition) is 2. The molecule has 1 aliphatic rings. The van der Waals surface area contributed by atoms with Gasteiger partial charge in [-0.1, -0.05) is 12.8 Å². The van der Waals surface area contributed by atoms with E-state index in [-0.39, 0.29) is 12.5 Å². The monoisotopic (exact) mass is 381 g/mol. The number of hydrogen-bond acceptors (Lipinski definition) is 3. The lowest BCUT2D eigenvalue weighted by atomic mass is 9.98. The lowest BCUT2D eigenvalue weighted by molar-refractivity contribution is 0.0838. The van der Waals surface area contributed by atoms with E-state index in [1.807, 2.05) is 0 Å². The van der Waals surface area contributed by atoms with Gasteiger partial charge in [-0.25, -0.2) is 0 Å². The van der Waals surface area contributed by atoms with Crippen LogP contribution in [0.15, 0.2) is 13.6 Å². The van der Waals surface area contributed by atoms with E-state index in [2.05, 4.69) is 37.2 Å². The molecule has 0 bridgehead atoms. The number of amides is 1. The third-order valence-corrected chi connectivity index (χ3v) is 5.48. The van der Waals surface area contributed by atoms with Gasteiger partial charge >= 0.3 is 0 Å². The van der Waals surface area contributed by atoms with Gasteiger partial charge in [0, 0.05) is 0 Å². The van der Waals surface area contributed by atoms with Gasteiger partial charge in [-0.2, -0.15) is 0 Å². The fourth-order valence-corrected chi connectivity index (χ4v) is 4.97. The molecule has 1 aromatic heterocycles. The van der Waals surface area contributed by atoms with Crippen molar-refractivity contribution in [1.29, 1.82) is 0 Å². The maximum atomic E-state index is 12.1. The Labute approximate surface area is 121 Å². The predicted molar refractivity (Wildman–Crippen MR) is 75.5 cm³/mol. The molecule has 0 atom stereocenters. The number of thiophene rings is 1. The number of carbonyl (C=O) groups is 1. The first-order chi connectivity index (χ1) is 8.06. The van der Waals surface area contributed by atoms with Gasteiger partial charge in [0.25, 0.3) is 5.91 Å². The summed E-state index contributed by atoms with van der Waals surface area (Å²) in [5, 5.41) is 12.4. The van der Waals surface area contributed by atoms with Crippen molar-refractivity contribution >= 4 is 49.1 Å². The van der Waals surface area contributed by atoms with E-state index in [1.165, 1.54) is 11.3 Å². The Morgan fingerprint density at radius 2 is 2.12 bits per heavy atom. The van der Waals surface area contributed by atoms with Crippen LogP contribution in [-0.2, 0) is 0 Å². The number of aliphatic hydroxyl groups excluding tert-OH is 1. The molecule has 1 fully saturated rings. The van der Waals surface area contributed by atoms with Gasteiger partial charge in [-0.15, -0.1) is 11.3 Å². The smallest absolute Gasteiger partial charge is 0.253 e. The van der Waals surface area contributed by atoms with Crippen molar-refractivity contribution in [3.63, 3.8) is 0 Å². The molecule has 0 aliphatic heterocycles. The number of aliphatic hydroxyl groups is 1. The summed E-state index contributed by atoms with van der Waals surface area (Å²) in [6.45, 7) is 0.0155. The van der Waals surface area contributed by atoms with E-state index in [9.17, 15) is 9.90 Å². The van der Waals surface area contributed by atoms with Crippen molar-refractivity contribution in [3.05, 3.63) is 19.2 Å². The Bertz CT molecular complexity index is 427. The third-order valence-electron chi connectivity index (χ3n) is 3.14. The maximum Gasteiger partial charge on any atom is 0.253 e. The number of nitrogens with one attached hydrogen (secondary N) is 1. The average molecular weight is 383 g/mol. The number of carbonyl (C=O) groups excluding carboxylic acids is 1. The Kier molecular flexibility index (Phi) is 4.28. The Hall–Kier alpha value is 0.0900. The van der Waals surface area contributed by atoms with Crippen LogP contribution in [-0.4, -0.2) is 23.2 Å². The van der Waals surface area contributed by atoms with Crippen LogP contribution in [0.2, 0.25) is 0 Å². The summed E-state index contributed by atoms with van der Waals surface area (Å²) in [5.41, 5.74) is 0.215. The molecule has 1 aromatic rings. The first kappa shape index (κ1) is 13.5. The lowest BCUT2D eigenvalue weighted by Gasteiger charge is -2.27. The molecule has 0 unspecified atom stereocenters. The molecular formula is C11H13Br2NO2S. The highest BCUT2D eigenvalue weighted by Crippen LogP contribution is 2.34. The SMILES string of the molecule is O=C(NC1(CO)CCCC1)c1cc(Br)sc1Br. The van der Waals surface area contributed by atoms with Gasteiger partial charge in [0.2, 0.25) is 0 Å². The summed E-state index contributed by atoms with van der Waals surface area (Å²) >= 11 is 8.20. The average Bonchev–Trinajstić information content (AvgIpc) is 2.86. The highest BCUT2D eigenvalue weighted by Gasteiger charge is 2.35. The molecular weight excluding hydrogens is 370 g/mol. The molecule has 1 aliphatic carbocycles. The van der Waals surface area contributed by atoms with Gasteiger partial charge < -0.3 is 10.4 Å². The predicted octanol–water partition coefficient (Wildman–Crippen LogP) is 3.31. The number of rotatable bonds is 3. The van der Waals surface area contributed by atoms with Crippen molar-refractivity contribution < 1.29 is 9.90 Å². The van der Waals surface area contributed by atoms with E-state index in [0.29, 0.717) is 5.56 Å². The minimum atomic E-state index is -0.412. The van der Waals surface area contributed by atoms with E-state index in [0.717, 1.165) is 33.3 Å². The van der Waals surface area contributed by atoms with Crippen molar-refractivity contribution in [2.75, 3.05) is 6.61 Å². The Balaban J connectivity index is 2.13. The summed E-state index contributed by atoms with van der Waals surface area (Å²) in [6.07, 6.45) is 3.85. The zero-order chi connectivity index (χ0) is 12.5. The quantitative estimate of drug-likeness (QED) is 0.842. The topological polar surface area (TPSA) is 49.3 Å². The van der Waals surface area contributed by atoms with Crippen LogP contribution in [0.5, 0.6) is 0 Å². The molecule has 94 valence electrons. The van der Waals surface area contributed by atoms with Crippen molar-refractivity contribution in [2.24, 2.45) is 0 Å². The van der Waals surface area contributed by atoms with Gasteiger partial charge in [-0.3, -0.25) is 4.79 Å². The van der Waals surface area contributed by atoms with Crippen LogP contribution >= 0.6 is 43.2 Å². The fourth-order valence-electron chi connectivity index (χ4n) is 2.18. The van der Waals surface area contributed by atoms with Gasteiger partial charge in [0.05, 0.1) is 25.3 Å². The first-order valence-electron chi connectivity index (χ1n) is 5.44. The summed E-state index contributed by atoms with van der Waals surface area (Å²) < 4.78 is 1.73. The molecule has 2 N–H and O–H groups in total. The second-order valence-corrected chi connectivity index (χ2v) is 8.09. The van der Waals surface area contributed by atoms with Gasteiger partial charge in [0.15, 0.2) is 0 Å². The third kappa shape index (κ3) is 2.92. The van der Waals surface area contributed by atoms with Crippen LogP contribution in [0, 0.1) is 0 Å². The van der Waals surface area contributed by atoms with Crippen molar-refractivity contribution in [2.45, 2.75) is 31.2 Å². The molecule has 6 heteroatoms. The maximum absolute atomic E-state index is 12.1. The van der Waals surface area contributed by atoms with Gasteiger partial charge in [-0.05, 0) is 50.8 Å². The zero-order valence-corrected chi connectivity index (χ0v) is 13.1. The largest absolute Gasteiger partial charge is 0.394 e. The van der Waals surface area contributed by atoms with Crippen molar-refractivity contribution in [3.8, 4) is 0 Å². The normalized spacial score (nSPS) is 18.3. The molecule has 1 heterocycles. The molecule has 2 rings (SSSR count).